The van der Waals surface area contributed by atoms with E-state index in [1.165, 1.54) is 7.11 Å². The minimum absolute atomic E-state index is 0.0763. The number of rotatable bonds is 12. The number of benzene rings is 2. The molecule has 0 fully saturated rings. The lowest BCUT2D eigenvalue weighted by Crippen LogP contribution is -2.53. The molecule has 2 aromatic carbocycles. The number of carboxylic acid groups (broad SMARTS) is 1. The third-order valence-electron chi connectivity index (χ3n) is 6.53. The molecule has 1 unspecified atom stereocenters. The van der Waals surface area contributed by atoms with Gasteiger partial charge < -0.3 is 25.2 Å². The van der Waals surface area contributed by atoms with Gasteiger partial charge in [0.15, 0.2) is 0 Å². The highest BCUT2D eigenvalue weighted by atomic mass is 16.5. The van der Waals surface area contributed by atoms with E-state index in [2.05, 4.69) is 22.8 Å². The Kier molecular flexibility index (Phi) is 9.25. The van der Waals surface area contributed by atoms with Crippen LogP contribution in [0, 0.1) is 5.92 Å². The lowest BCUT2D eigenvalue weighted by atomic mass is 9.98. The van der Waals surface area contributed by atoms with Crippen LogP contribution in [0.15, 0.2) is 48.5 Å². The number of nitrogens with one attached hydrogen (secondary N) is 2. The number of hydrogen-bond acceptors (Lipinski definition) is 5. The quantitative estimate of drug-likeness (QED) is 0.422. The minimum atomic E-state index is -0.926. The molecule has 3 atom stereocenters. The van der Waals surface area contributed by atoms with E-state index in [1.54, 1.807) is 6.92 Å². The summed E-state index contributed by atoms with van der Waals surface area (Å²) in [5.41, 5.74) is 4.50. The predicted octanol–water partition coefficient (Wildman–Crippen LogP) is 3.94. The van der Waals surface area contributed by atoms with Gasteiger partial charge in [-0.05, 0) is 47.9 Å². The summed E-state index contributed by atoms with van der Waals surface area (Å²) < 4.78 is 10.9. The molecule has 0 radical (unpaired) electrons. The first-order valence-electron chi connectivity index (χ1n) is 12.0. The highest BCUT2D eigenvalue weighted by molar-refractivity contribution is 5.86. The van der Waals surface area contributed by atoms with Gasteiger partial charge >= 0.3 is 12.1 Å². The Labute approximate surface area is 206 Å². The largest absolute Gasteiger partial charge is 0.481 e. The van der Waals surface area contributed by atoms with E-state index in [-0.39, 0.29) is 30.8 Å². The fourth-order valence-electron chi connectivity index (χ4n) is 4.37. The molecule has 2 aromatic rings. The predicted molar refractivity (Wildman–Crippen MR) is 132 cm³/mol. The Morgan fingerprint density at radius 2 is 1.57 bits per heavy atom. The maximum atomic E-state index is 12.8. The van der Waals surface area contributed by atoms with Crippen molar-refractivity contribution < 1.29 is 29.0 Å². The van der Waals surface area contributed by atoms with Gasteiger partial charge in [0.25, 0.3) is 0 Å². The highest BCUT2D eigenvalue weighted by Gasteiger charge is 2.31. The number of alkyl carbamates (subject to hydrolysis) is 1. The molecular weight excluding hydrogens is 448 g/mol. The summed E-state index contributed by atoms with van der Waals surface area (Å²) in [4.78, 5) is 36.1. The zero-order chi connectivity index (χ0) is 25.4. The normalized spacial score (nSPS) is 14.8. The van der Waals surface area contributed by atoms with Crippen molar-refractivity contribution in [3.8, 4) is 11.1 Å². The Balaban J connectivity index is 1.55. The number of amides is 2. The van der Waals surface area contributed by atoms with Gasteiger partial charge in [0.2, 0.25) is 5.91 Å². The molecule has 0 aromatic heterocycles. The number of ether oxygens (including phenoxy) is 2. The molecule has 35 heavy (non-hydrogen) atoms. The van der Waals surface area contributed by atoms with Crippen LogP contribution in [0.25, 0.3) is 11.1 Å². The van der Waals surface area contributed by atoms with Crippen molar-refractivity contribution in [1.29, 1.82) is 0 Å². The van der Waals surface area contributed by atoms with Gasteiger partial charge in [-0.3, -0.25) is 9.59 Å². The molecule has 188 valence electrons. The average Bonchev–Trinajstić information content (AvgIpc) is 3.18. The second kappa shape index (κ2) is 12.4. The molecule has 8 heteroatoms. The maximum absolute atomic E-state index is 12.8. The third-order valence-corrected chi connectivity index (χ3v) is 6.53. The van der Waals surface area contributed by atoms with Crippen LogP contribution in [0.1, 0.15) is 50.2 Å². The van der Waals surface area contributed by atoms with Gasteiger partial charge in [-0.25, -0.2) is 4.79 Å². The molecular formula is C27H34N2O6. The fraction of sp³-hybridized carbons (Fsp3) is 0.444. The van der Waals surface area contributed by atoms with Crippen LogP contribution >= 0.6 is 0 Å². The van der Waals surface area contributed by atoms with Crippen LogP contribution < -0.4 is 10.6 Å². The number of methoxy groups -OCH3 is 1. The van der Waals surface area contributed by atoms with Crippen LogP contribution in [-0.4, -0.2) is 55.5 Å². The number of carbonyl (C=O) groups is 3. The summed E-state index contributed by atoms with van der Waals surface area (Å²) >= 11 is 0. The SMILES string of the molecule is CO[C@H](C)[C@H](NC(=O)OCC1c2ccccc2-c2ccccc21)C(=O)NCCC(C)CCC(=O)O. The first kappa shape index (κ1) is 26.2. The molecule has 0 bridgehead atoms. The molecule has 1 aliphatic carbocycles. The number of hydrogen-bond donors (Lipinski definition) is 3. The second-order valence-corrected chi connectivity index (χ2v) is 9.01. The molecule has 1 aliphatic rings. The smallest absolute Gasteiger partial charge is 0.407 e. The van der Waals surface area contributed by atoms with E-state index >= 15 is 0 Å². The van der Waals surface area contributed by atoms with Gasteiger partial charge in [0, 0.05) is 26.0 Å². The molecule has 3 rings (SSSR count). The lowest BCUT2D eigenvalue weighted by molar-refractivity contribution is -0.137. The highest BCUT2D eigenvalue weighted by Crippen LogP contribution is 2.44. The van der Waals surface area contributed by atoms with Gasteiger partial charge in [-0.1, -0.05) is 55.5 Å². The molecule has 3 N–H and O–H groups in total. The van der Waals surface area contributed by atoms with Gasteiger partial charge in [-0.2, -0.15) is 0 Å². The summed E-state index contributed by atoms with van der Waals surface area (Å²) in [6.07, 6.45) is 0.0201. The Morgan fingerprint density at radius 3 is 2.14 bits per heavy atom. The summed E-state index contributed by atoms with van der Waals surface area (Å²) in [7, 11) is 1.47. The van der Waals surface area contributed by atoms with E-state index in [0.29, 0.717) is 19.4 Å². The standard InChI is InChI=1S/C27H34N2O6/c1-17(12-13-24(30)31)14-15-28-26(32)25(18(2)34-3)29-27(33)35-16-23-21-10-6-4-8-19(21)20-9-5-7-11-22(20)23/h4-11,17-18,23,25H,12-16H2,1-3H3,(H,28,32)(H,29,33)(H,30,31)/t17?,18-,25+/m1/s1. The number of carbonyl (C=O) groups excluding carboxylic acids is 2. The van der Waals surface area contributed by atoms with Crippen LogP contribution in [0.5, 0.6) is 0 Å². The number of carboxylic acids is 1. The monoisotopic (exact) mass is 482 g/mol. The summed E-state index contributed by atoms with van der Waals surface area (Å²) in [6, 6.07) is 15.2. The van der Waals surface area contributed by atoms with Crippen LogP contribution in [0.3, 0.4) is 0 Å². The zero-order valence-electron chi connectivity index (χ0n) is 20.5. The van der Waals surface area contributed by atoms with Crippen molar-refractivity contribution in [2.24, 2.45) is 5.92 Å². The summed E-state index contributed by atoms with van der Waals surface area (Å²) in [5.74, 6) is -1.13. The van der Waals surface area contributed by atoms with Gasteiger partial charge in [-0.15, -0.1) is 0 Å². The first-order chi connectivity index (χ1) is 16.8. The molecule has 8 nitrogen and oxygen atoms in total. The van der Waals surface area contributed by atoms with E-state index < -0.39 is 24.2 Å². The maximum Gasteiger partial charge on any atom is 0.407 e. The third kappa shape index (κ3) is 6.82. The van der Waals surface area contributed by atoms with Crippen molar-refractivity contribution >= 4 is 18.0 Å². The van der Waals surface area contributed by atoms with E-state index in [0.717, 1.165) is 22.3 Å². The number of fused-ring (bicyclic) bond motifs is 3. The molecule has 0 saturated heterocycles. The van der Waals surface area contributed by atoms with E-state index in [4.69, 9.17) is 14.6 Å². The van der Waals surface area contributed by atoms with Crippen molar-refractivity contribution in [3.63, 3.8) is 0 Å². The van der Waals surface area contributed by atoms with Crippen LogP contribution in [0.2, 0.25) is 0 Å². The van der Waals surface area contributed by atoms with Gasteiger partial charge in [0.1, 0.15) is 12.6 Å². The molecule has 0 heterocycles. The Bertz CT molecular complexity index is 994. The number of aliphatic carboxylic acids is 1. The minimum Gasteiger partial charge on any atom is -0.481 e. The first-order valence-corrected chi connectivity index (χ1v) is 12.0. The van der Waals surface area contributed by atoms with Crippen molar-refractivity contribution in [2.75, 3.05) is 20.3 Å². The molecule has 0 aliphatic heterocycles. The van der Waals surface area contributed by atoms with Gasteiger partial charge in [0.05, 0.1) is 6.10 Å². The van der Waals surface area contributed by atoms with Crippen molar-refractivity contribution in [1.82, 2.24) is 10.6 Å². The fourth-order valence-corrected chi connectivity index (χ4v) is 4.37. The van der Waals surface area contributed by atoms with E-state index in [9.17, 15) is 14.4 Å². The van der Waals surface area contributed by atoms with Crippen molar-refractivity contribution in [2.45, 2.75) is 51.2 Å². The average molecular weight is 483 g/mol. The van der Waals surface area contributed by atoms with Crippen LogP contribution in [-0.2, 0) is 19.1 Å². The van der Waals surface area contributed by atoms with Crippen LogP contribution in [0.4, 0.5) is 4.79 Å². The zero-order valence-corrected chi connectivity index (χ0v) is 20.5. The summed E-state index contributed by atoms with van der Waals surface area (Å²) in [6.45, 7) is 4.17. The molecule has 0 spiro atoms. The lowest BCUT2D eigenvalue weighted by Gasteiger charge is -2.24. The Morgan fingerprint density at radius 1 is 0.971 bits per heavy atom. The summed E-state index contributed by atoms with van der Waals surface area (Å²) in [5, 5.41) is 14.2. The van der Waals surface area contributed by atoms with Crippen molar-refractivity contribution in [3.05, 3.63) is 59.7 Å². The van der Waals surface area contributed by atoms with E-state index in [1.807, 2.05) is 43.3 Å². The topological polar surface area (TPSA) is 114 Å². The molecule has 2 amide bonds. The molecule has 0 saturated carbocycles. The Hall–Kier alpha value is -3.39. The second-order valence-electron chi connectivity index (χ2n) is 9.01.